The molecule has 2 atom stereocenters. The van der Waals surface area contributed by atoms with Gasteiger partial charge in [0.1, 0.15) is 0 Å². The molecule has 3 fully saturated rings. The number of carbonyl (C=O) groups is 2. The third-order valence-electron chi connectivity index (χ3n) is 6.35. The van der Waals surface area contributed by atoms with Gasteiger partial charge in [-0.15, -0.1) is 12.4 Å². The molecule has 2 bridgehead atoms. The normalized spacial score (nSPS) is 26.9. The second-order valence-corrected chi connectivity index (χ2v) is 8.51. The van der Waals surface area contributed by atoms with Crippen LogP contribution in [0.15, 0.2) is 24.3 Å². The fourth-order valence-electron chi connectivity index (χ4n) is 4.97. The zero-order valence-electron chi connectivity index (χ0n) is 16.5. The van der Waals surface area contributed by atoms with Crippen LogP contribution >= 0.6 is 12.4 Å². The van der Waals surface area contributed by atoms with Crippen LogP contribution in [-0.2, 0) is 4.79 Å². The number of rotatable bonds is 4. The third kappa shape index (κ3) is 5.26. The van der Waals surface area contributed by atoms with Gasteiger partial charge in [-0.1, -0.05) is 12.8 Å². The molecule has 2 amide bonds. The maximum Gasteiger partial charge on any atom is 0.253 e. The van der Waals surface area contributed by atoms with Gasteiger partial charge in [0.2, 0.25) is 5.91 Å². The Hall–Kier alpha value is -1.59. The van der Waals surface area contributed by atoms with Crippen molar-refractivity contribution in [3.05, 3.63) is 29.8 Å². The molecule has 6 heteroatoms. The number of nitrogens with zero attached hydrogens (tertiary/aromatic N) is 1. The molecule has 3 aliphatic rings. The number of amides is 2. The van der Waals surface area contributed by atoms with Crippen molar-refractivity contribution in [1.82, 2.24) is 10.2 Å². The van der Waals surface area contributed by atoms with Crippen molar-refractivity contribution in [3.63, 3.8) is 0 Å². The average Bonchev–Trinajstić information content (AvgIpc) is 2.87. The van der Waals surface area contributed by atoms with Crippen molar-refractivity contribution in [1.29, 1.82) is 0 Å². The first-order chi connectivity index (χ1) is 13.2. The van der Waals surface area contributed by atoms with Crippen molar-refractivity contribution in [2.24, 2.45) is 5.92 Å². The van der Waals surface area contributed by atoms with E-state index in [1.165, 1.54) is 25.7 Å². The highest BCUT2D eigenvalue weighted by atomic mass is 35.5. The highest BCUT2D eigenvalue weighted by Crippen LogP contribution is 2.32. The van der Waals surface area contributed by atoms with Crippen LogP contribution in [0.4, 0.5) is 5.69 Å². The average molecular weight is 406 g/mol. The number of hydrogen-bond donors (Lipinski definition) is 2. The lowest BCUT2D eigenvalue weighted by Gasteiger charge is -2.28. The smallest absolute Gasteiger partial charge is 0.253 e. The first kappa shape index (κ1) is 21.1. The summed E-state index contributed by atoms with van der Waals surface area (Å²) in [5.74, 6) is 0.695. The molecular formula is C22H32ClN3O2. The fraction of sp³-hybridized carbons (Fsp3) is 0.636. The van der Waals surface area contributed by atoms with Crippen LogP contribution in [0.25, 0.3) is 0 Å². The van der Waals surface area contributed by atoms with E-state index in [-0.39, 0.29) is 24.2 Å². The van der Waals surface area contributed by atoms with Gasteiger partial charge in [0.15, 0.2) is 0 Å². The summed E-state index contributed by atoms with van der Waals surface area (Å²) in [5.41, 5.74) is 1.49. The molecular weight excluding hydrogens is 374 g/mol. The molecule has 2 N–H and O–H groups in total. The number of anilines is 1. The van der Waals surface area contributed by atoms with E-state index in [1.54, 1.807) is 0 Å². The molecule has 1 aromatic rings. The summed E-state index contributed by atoms with van der Waals surface area (Å²) in [7, 11) is 0. The van der Waals surface area contributed by atoms with E-state index in [1.807, 2.05) is 29.2 Å². The largest absolute Gasteiger partial charge is 0.339 e. The summed E-state index contributed by atoms with van der Waals surface area (Å²) in [6.45, 7) is 1.71. The van der Waals surface area contributed by atoms with Crippen LogP contribution in [0.3, 0.4) is 0 Å². The minimum Gasteiger partial charge on any atom is -0.339 e. The molecule has 154 valence electrons. The van der Waals surface area contributed by atoms with Crippen LogP contribution in [0, 0.1) is 5.92 Å². The highest BCUT2D eigenvalue weighted by molar-refractivity contribution is 5.95. The van der Waals surface area contributed by atoms with E-state index in [2.05, 4.69) is 10.6 Å². The maximum absolute atomic E-state index is 12.6. The molecule has 5 nitrogen and oxygen atoms in total. The van der Waals surface area contributed by atoms with E-state index in [0.717, 1.165) is 44.5 Å². The summed E-state index contributed by atoms with van der Waals surface area (Å²) in [5, 5.41) is 6.63. The summed E-state index contributed by atoms with van der Waals surface area (Å²) < 4.78 is 0. The number of hydrogen-bond acceptors (Lipinski definition) is 3. The fourth-order valence-corrected chi connectivity index (χ4v) is 4.97. The second-order valence-electron chi connectivity index (χ2n) is 8.51. The van der Waals surface area contributed by atoms with E-state index in [0.29, 0.717) is 30.0 Å². The van der Waals surface area contributed by atoms with Crippen molar-refractivity contribution in [2.45, 2.75) is 69.9 Å². The van der Waals surface area contributed by atoms with Crippen molar-refractivity contribution in [2.75, 3.05) is 18.4 Å². The highest BCUT2D eigenvalue weighted by Gasteiger charge is 2.34. The van der Waals surface area contributed by atoms with Crippen molar-refractivity contribution in [3.8, 4) is 0 Å². The van der Waals surface area contributed by atoms with E-state index < -0.39 is 0 Å². The van der Waals surface area contributed by atoms with Gasteiger partial charge in [-0.05, 0) is 68.7 Å². The number of halogens is 1. The van der Waals surface area contributed by atoms with Gasteiger partial charge in [0.05, 0.1) is 0 Å². The SMILES string of the molecule is Cl.O=C(CC1CC2CCC(C1)N2)Nc1ccc(C(=O)N2CCCCCC2)cc1. The third-order valence-corrected chi connectivity index (χ3v) is 6.35. The summed E-state index contributed by atoms with van der Waals surface area (Å²) >= 11 is 0. The Morgan fingerprint density at radius 2 is 1.57 bits per heavy atom. The van der Waals surface area contributed by atoms with Gasteiger partial charge in [0, 0.05) is 42.8 Å². The lowest BCUT2D eigenvalue weighted by molar-refractivity contribution is -0.117. The lowest BCUT2D eigenvalue weighted by atomic mass is 9.89. The summed E-state index contributed by atoms with van der Waals surface area (Å²) in [6, 6.07) is 8.63. The Labute approximate surface area is 174 Å². The Balaban J connectivity index is 0.00000225. The predicted molar refractivity (Wildman–Crippen MR) is 114 cm³/mol. The second kappa shape index (κ2) is 9.75. The molecule has 28 heavy (non-hydrogen) atoms. The van der Waals surface area contributed by atoms with Gasteiger partial charge < -0.3 is 15.5 Å². The van der Waals surface area contributed by atoms with Gasteiger partial charge >= 0.3 is 0 Å². The first-order valence-electron chi connectivity index (χ1n) is 10.6. The molecule has 4 rings (SSSR count). The Morgan fingerprint density at radius 1 is 0.964 bits per heavy atom. The summed E-state index contributed by atoms with van der Waals surface area (Å²) in [6.07, 6.45) is 9.98. The molecule has 2 unspecified atom stereocenters. The predicted octanol–water partition coefficient (Wildman–Crippen LogP) is 3.98. The first-order valence-corrected chi connectivity index (χ1v) is 10.6. The minimum atomic E-state index is 0. The number of nitrogens with one attached hydrogen (secondary N) is 2. The number of fused-ring (bicyclic) bond motifs is 2. The molecule has 0 radical (unpaired) electrons. The zero-order chi connectivity index (χ0) is 18.6. The van der Waals surface area contributed by atoms with E-state index >= 15 is 0 Å². The standard InChI is InChI=1S/C22H31N3O2.ClH/c26-21(15-16-13-19-9-10-20(14-16)23-19)24-18-7-5-17(6-8-18)22(27)25-11-3-1-2-4-12-25;/h5-8,16,19-20,23H,1-4,9-15H2,(H,24,26);1H. The van der Waals surface area contributed by atoms with Crippen LogP contribution in [-0.4, -0.2) is 41.9 Å². The zero-order valence-corrected chi connectivity index (χ0v) is 17.3. The molecule has 3 aliphatic heterocycles. The topological polar surface area (TPSA) is 61.4 Å². The molecule has 3 saturated heterocycles. The van der Waals surface area contributed by atoms with E-state index in [9.17, 15) is 9.59 Å². The molecule has 1 aromatic carbocycles. The maximum atomic E-state index is 12.6. The molecule has 0 aliphatic carbocycles. The van der Waals surface area contributed by atoms with Gasteiger partial charge in [0.25, 0.3) is 5.91 Å². The Morgan fingerprint density at radius 3 is 2.18 bits per heavy atom. The Bertz CT molecular complexity index is 659. The van der Waals surface area contributed by atoms with Gasteiger partial charge in [-0.2, -0.15) is 0 Å². The molecule has 0 aromatic heterocycles. The van der Waals surface area contributed by atoms with Crippen molar-refractivity contribution >= 4 is 29.9 Å². The quantitative estimate of drug-likeness (QED) is 0.796. The van der Waals surface area contributed by atoms with E-state index in [4.69, 9.17) is 0 Å². The van der Waals surface area contributed by atoms with Gasteiger partial charge in [-0.25, -0.2) is 0 Å². The number of likely N-dealkylation sites (tertiary alicyclic amines) is 1. The molecule has 3 heterocycles. The van der Waals surface area contributed by atoms with Crippen LogP contribution in [0.1, 0.15) is 68.1 Å². The molecule has 0 spiro atoms. The number of carbonyl (C=O) groups excluding carboxylic acids is 2. The molecule has 0 saturated carbocycles. The summed E-state index contributed by atoms with van der Waals surface area (Å²) in [4.78, 5) is 27.0. The monoisotopic (exact) mass is 405 g/mol. The number of benzene rings is 1. The van der Waals surface area contributed by atoms with Gasteiger partial charge in [-0.3, -0.25) is 9.59 Å². The van der Waals surface area contributed by atoms with Crippen molar-refractivity contribution < 1.29 is 9.59 Å². The Kier molecular flexibility index (Phi) is 7.36. The number of piperidine rings is 1. The minimum absolute atomic E-state index is 0. The van der Waals surface area contributed by atoms with Crippen LogP contribution < -0.4 is 10.6 Å². The van der Waals surface area contributed by atoms with Crippen LogP contribution in [0.5, 0.6) is 0 Å². The lowest BCUT2D eigenvalue weighted by Crippen LogP contribution is -2.39. The van der Waals surface area contributed by atoms with Crippen LogP contribution in [0.2, 0.25) is 0 Å².